The summed E-state index contributed by atoms with van der Waals surface area (Å²) in [5.41, 5.74) is 1.78. The zero-order valence-electron chi connectivity index (χ0n) is 17.0. The first kappa shape index (κ1) is 21.1. The topological polar surface area (TPSA) is 87.7 Å². The van der Waals surface area contributed by atoms with Crippen LogP contribution in [-0.4, -0.2) is 24.8 Å². The fourth-order valence-corrected chi connectivity index (χ4v) is 3.40. The van der Waals surface area contributed by atoms with E-state index in [1.54, 1.807) is 60.7 Å². The number of methoxy groups -OCH3 is 1. The lowest BCUT2D eigenvalue weighted by atomic mass is 10.1. The van der Waals surface area contributed by atoms with E-state index in [2.05, 4.69) is 10.6 Å². The second-order valence-electron chi connectivity index (χ2n) is 6.86. The van der Waals surface area contributed by atoms with Crippen molar-refractivity contribution in [3.63, 3.8) is 0 Å². The molecule has 160 valence electrons. The molecule has 0 radical (unpaired) electrons. The van der Waals surface area contributed by atoms with Crippen LogP contribution in [0.25, 0.3) is 0 Å². The van der Waals surface area contributed by atoms with E-state index in [0.29, 0.717) is 28.4 Å². The monoisotopic (exact) mass is 447 g/mol. The third-order valence-corrected chi connectivity index (χ3v) is 5.13. The Morgan fingerprint density at radius 2 is 1.56 bits per heavy atom. The fourth-order valence-electron chi connectivity index (χ4n) is 3.18. The standard InChI is InChI=1S/C24H18ClN3O4/c1-32-19-12-10-18(11-13-19)28-23(30)20(25)21(24(28)31)26-17-9-5-6-15(14-17)22(29)27-16-7-3-2-4-8-16/h2-14,26H,1H3,(H,27,29). The average Bonchev–Trinajstić information content (AvgIpc) is 3.03. The summed E-state index contributed by atoms with van der Waals surface area (Å²) in [7, 11) is 1.52. The van der Waals surface area contributed by atoms with Crippen LogP contribution in [0.15, 0.2) is 89.6 Å². The molecule has 3 aromatic rings. The molecule has 1 aliphatic heterocycles. The minimum Gasteiger partial charge on any atom is -0.497 e. The Bertz CT molecular complexity index is 1220. The number of carbonyl (C=O) groups excluding carboxylic acids is 3. The van der Waals surface area contributed by atoms with Gasteiger partial charge >= 0.3 is 0 Å². The van der Waals surface area contributed by atoms with Crippen molar-refractivity contribution in [2.24, 2.45) is 0 Å². The Kier molecular flexibility index (Phi) is 5.91. The van der Waals surface area contributed by atoms with Gasteiger partial charge in [0.25, 0.3) is 17.7 Å². The highest BCUT2D eigenvalue weighted by atomic mass is 35.5. The molecule has 4 rings (SSSR count). The minimum atomic E-state index is -0.637. The fraction of sp³-hybridized carbons (Fsp3) is 0.0417. The third kappa shape index (κ3) is 4.19. The molecule has 0 unspecified atom stereocenters. The van der Waals surface area contributed by atoms with Crippen molar-refractivity contribution in [1.82, 2.24) is 0 Å². The summed E-state index contributed by atoms with van der Waals surface area (Å²) < 4.78 is 5.10. The van der Waals surface area contributed by atoms with Gasteiger partial charge in [-0.05, 0) is 54.6 Å². The molecule has 0 bridgehead atoms. The number of nitrogens with one attached hydrogen (secondary N) is 2. The first-order valence-electron chi connectivity index (χ1n) is 9.64. The van der Waals surface area contributed by atoms with Crippen LogP contribution in [0.3, 0.4) is 0 Å². The molecule has 0 saturated heterocycles. The van der Waals surface area contributed by atoms with Gasteiger partial charge in [-0.15, -0.1) is 0 Å². The Labute approximate surface area is 189 Å². The Balaban J connectivity index is 1.53. The molecular weight excluding hydrogens is 430 g/mol. The van der Waals surface area contributed by atoms with Gasteiger partial charge in [0.1, 0.15) is 16.5 Å². The van der Waals surface area contributed by atoms with E-state index < -0.39 is 11.8 Å². The normalized spacial score (nSPS) is 13.4. The molecule has 0 spiro atoms. The van der Waals surface area contributed by atoms with Crippen LogP contribution in [-0.2, 0) is 9.59 Å². The second-order valence-corrected chi connectivity index (χ2v) is 7.24. The molecule has 1 aliphatic rings. The van der Waals surface area contributed by atoms with Crippen molar-refractivity contribution in [2.45, 2.75) is 0 Å². The minimum absolute atomic E-state index is 0.0619. The van der Waals surface area contributed by atoms with Crippen LogP contribution in [0.2, 0.25) is 0 Å². The van der Waals surface area contributed by atoms with Crippen LogP contribution in [0.1, 0.15) is 10.4 Å². The van der Waals surface area contributed by atoms with Gasteiger partial charge in [-0.2, -0.15) is 0 Å². The van der Waals surface area contributed by atoms with Crippen LogP contribution in [0.5, 0.6) is 5.75 Å². The largest absolute Gasteiger partial charge is 0.497 e. The Morgan fingerprint density at radius 1 is 0.875 bits per heavy atom. The van der Waals surface area contributed by atoms with E-state index in [9.17, 15) is 14.4 Å². The van der Waals surface area contributed by atoms with Crippen molar-refractivity contribution < 1.29 is 19.1 Å². The zero-order valence-corrected chi connectivity index (χ0v) is 17.7. The van der Waals surface area contributed by atoms with E-state index >= 15 is 0 Å². The lowest BCUT2D eigenvalue weighted by Crippen LogP contribution is -2.32. The Hall–Kier alpha value is -4.10. The summed E-state index contributed by atoms with van der Waals surface area (Å²) in [4.78, 5) is 39.1. The maximum absolute atomic E-state index is 12.9. The molecule has 1 heterocycles. The van der Waals surface area contributed by atoms with Gasteiger partial charge in [-0.1, -0.05) is 35.9 Å². The molecule has 0 atom stereocenters. The average molecular weight is 448 g/mol. The predicted molar refractivity (Wildman–Crippen MR) is 123 cm³/mol. The highest BCUT2D eigenvalue weighted by Crippen LogP contribution is 2.31. The molecule has 0 aliphatic carbocycles. The predicted octanol–water partition coefficient (Wildman–Crippen LogP) is 4.38. The van der Waals surface area contributed by atoms with E-state index in [4.69, 9.17) is 16.3 Å². The van der Waals surface area contributed by atoms with Crippen molar-refractivity contribution in [3.05, 3.63) is 95.2 Å². The number of imide groups is 1. The number of hydrogen-bond donors (Lipinski definition) is 2. The number of amides is 3. The molecule has 32 heavy (non-hydrogen) atoms. The zero-order chi connectivity index (χ0) is 22.7. The summed E-state index contributed by atoms with van der Waals surface area (Å²) in [5.74, 6) is -0.948. The van der Waals surface area contributed by atoms with Gasteiger partial charge < -0.3 is 15.4 Å². The number of halogens is 1. The molecule has 0 saturated carbocycles. The molecule has 7 nitrogen and oxygen atoms in total. The highest BCUT2D eigenvalue weighted by Gasteiger charge is 2.39. The van der Waals surface area contributed by atoms with E-state index in [0.717, 1.165) is 4.90 Å². The highest BCUT2D eigenvalue weighted by molar-refractivity contribution is 6.53. The number of hydrogen-bond acceptors (Lipinski definition) is 5. The van der Waals surface area contributed by atoms with Gasteiger partial charge in [-0.3, -0.25) is 14.4 Å². The Morgan fingerprint density at radius 3 is 2.25 bits per heavy atom. The van der Waals surface area contributed by atoms with Crippen LogP contribution >= 0.6 is 11.6 Å². The van der Waals surface area contributed by atoms with Crippen molar-refractivity contribution >= 4 is 46.4 Å². The van der Waals surface area contributed by atoms with Crippen molar-refractivity contribution in [1.29, 1.82) is 0 Å². The van der Waals surface area contributed by atoms with E-state index in [1.165, 1.54) is 7.11 Å². The number of para-hydroxylation sites is 1. The quantitative estimate of drug-likeness (QED) is 0.547. The molecule has 3 amide bonds. The van der Waals surface area contributed by atoms with Gasteiger partial charge in [0, 0.05) is 16.9 Å². The molecule has 0 aromatic heterocycles. The summed E-state index contributed by atoms with van der Waals surface area (Å²) >= 11 is 6.19. The van der Waals surface area contributed by atoms with Crippen LogP contribution < -0.4 is 20.3 Å². The number of rotatable bonds is 6. The van der Waals surface area contributed by atoms with E-state index in [1.807, 2.05) is 18.2 Å². The molecule has 0 fully saturated rings. The second kappa shape index (κ2) is 8.95. The van der Waals surface area contributed by atoms with Gasteiger partial charge in [0.15, 0.2) is 0 Å². The first-order valence-corrected chi connectivity index (χ1v) is 10.0. The summed E-state index contributed by atoms with van der Waals surface area (Å²) in [6.07, 6.45) is 0. The van der Waals surface area contributed by atoms with Gasteiger partial charge in [0.2, 0.25) is 0 Å². The summed E-state index contributed by atoms with van der Waals surface area (Å²) in [6, 6.07) is 22.1. The summed E-state index contributed by atoms with van der Waals surface area (Å²) in [6.45, 7) is 0. The molecule has 8 heteroatoms. The van der Waals surface area contributed by atoms with E-state index in [-0.39, 0.29) is 16.6 Å². The van der Waals surface area contributed by atoms with Crippen LogP contribution in [0.4, 0.5) is 17.1 Å². The molecule has 3 aromatic carbocycles. The summed E-state index contributed by atoms with van der Waals surface area (Å²) in [5, 5.41) is 5.45. The molecule has 2 N–H and O–H groups in total. The lowest BCUT2D eigenvalue weighted by molar-refractivity contribution is -0.120. The smallest absolute Gasteiger partial charge is 0.283 e. The lowest BCUT2D eigenvalue weighted by Gasteiger charge is -2.15. The van der Waals surface area contributed by atoms with Gasteiger partial charge in [-0.25, -0.2) is 4.90 Å². The maximum atomic E-state index is 12.9. The number of benzene rings is 3. The first-order chi connectivity index (χ1) is 15.5. The SMILES string of the molecule is COc1ccc(N2C(=O)C(Cl)=C(Nc3cccc(C(=O)Nc4ccccc4)c3)C2=O)cc1. The number of carbonyl (C=O) groups is 3. The van der Waals surface area contributed by atoms with Gasteiger partial charge in [0.05, 0.1) is 12.8 Å². The number of ether oxygens (including phenoxy) is 1. The van der Waals surface area contributed by atoms with Crippen LogP contribution in [0, 0.1) is 0 Å². The number of anilines is 3. The third-order valence-electron chi connectivity index (χ3n) is 4.78. The maximum Gasteiger partial charge on any atom is 0.283 e. The molecular formula is C24H18ClN3O4. The van der Waals surface area contributed by atoms with Crippen molar-refractivity contribution in [3.8, 4) is 5.75 Å². The number of nitrogens with zero attached hydrogens (tertiary/aromatic N) is 1. The van der Waals surface area contributed by atoms with Crippen molar-refractivity contribution in [2.75, 3.05) is 22.6 Å².